The highest BCUT2D eigenvalue weighted by Gasteiger charge is 2.09. The predicted octanol–water partition coefficient (Wildman–Crippen LogP) is 2.51. The maximum Gasteiger partial charge on any atom is 0.273 e. The average Bonchev–Trinajstić information content (AvgIpc) is 2.51. The van der Waals surface area contributed by atoms with Crippen LogP contribution >= 0.6 is 15.9 Å². The summed E-state index contributed by atoms with van der Waals surface area (Å²) in [4.78, 5) is 11.9. The smallest absolute Gasteiger partial charge is 0.273 e. The molecule has 2 rings (SSSR count). The molecular weight excluding hydrogens is 350 g/mol. The minimum Gasteiger partial charge on any atom is -0.506 e. The summed E-state index contributed by atoms with van der Waals surface area (Å²) in [6, 6.07) is 9.88. The second-order valence-corrected chi connectivity index (χ2v) is 5.19. The van der Waals surface area contributed by atoms with Crippen molar-refractivity contribution in [3.63, 3.8) is 0 Å². The topological polar surface area (TPSA) is 96.9 Å². The number of rotatable bonds is 4. The summed E-state index contributed by atoms with van der Waals surface area (Å²) >= 11 is 3.21. The van der Waals surface area contributed by atoms with E-state index in [1.165, 1.54) is 13.3 Å². The van der Waals surface area contributed by atoms with Crippen LogP contribution < -0.4 is 15.9 Å². The van der Waals surface area contributed by atoms with E-state index in [-0.39, 0.29) is 5.75 Å². The number of benzene rings is 2. The Morgan fingerprint density at radius 1 is 1.41 bits per heavy atom. The van der Waals surface area contributed by atoms with Gasteiger partial charge in [-0.15, -0.1) is 0 Å². The lowest BCUT2D eigenvalue weighted by Gasteiger charge is -2.06. The molecule has 22 heavy (non-hydrogen) atoms. The van der Waals surface area contributed by atoms with Crippen molar-refractivity contribution in [3.05, 3.63) is 52.0 Å². The fourth-order valence-corrected chi connectivity index (χ4v) is 2.19. The number of phenolic OH excluding ortho intramolecular Hbond substituents is 1. The van der Waals surface area contributed by atoms with E-state index in [0.29, 0.717) is 27.0 Å². The molecule has 4 N–H and O–H groups in total. The van der Waals surface area contributed by atoms with Gasteiger partial charge >= 0.3 is 0 Å². The maximum atomic E-state index is 11.9. The summed E-state index contributed by atoms with van der Waals surface area (Å²) < 4.78 is 5.56. The number of hydrogen-bond donors (Lipinski definition) is 3. The molecule has 114 valence electrons. The molecule has 1 amide bonds. The van der Waals surface area contributed by atoms with Gasteiger partial charge < -0.3 is 15.6 Å². The van der Waals surface area contributed by atoms with Crippen molar-refractivity contribution < 1.29 is 14.6 Å². The van der Waals surface area contributed by atoms with Gasteiger partial charge in [-0.3, -0.25) is 4.79 Å². The van der Waals surface area contributed by atoms with Crippen molar-refractivity contribution in [2.45, 2.75) is 0 Å². The number of nitrogens with zero attached hydrogens (tertiary/aromatic N) is 1. The molecule has 0 heterocycles. The number of hydrazone groups is 1. The van der Waals surface area contributed by atoms with Gasteiger partial charge in [0.2, 0.25) is 0 Å². The second-order valence-electron chi connectivity index (χ2n) is 4.33. The van der Waals surface area contributed by atoms with E-state index in [0.717, 1.165) is 0 Å². The number of nitrogen functional groups attached to an aromatic ring is 1. The van der Waals surface area contributed by atoms with Gasteiger partial charge in [-0.1, -0.05) is 12.1 Å². The molecule has 0 radical (unpaired) electrons. The Bertz CT molecular complexity index is 732. The summed E-state index contributed by atoms with van der Waals surface area (Å²) in [5.41, 5.74) is 9.15. The van der Waals surface area contributed by atoms with Crippen LogP contribution in [0.5, 0.6) is 11.5 Å². The number of ether oxygens (including phenoxy) is 1. The van der Waals surface area contributed by atoms with Gasteiger partial charge in [0, 0.05) is 11.3 Å². The van der Waals surface area contributed by atoms with Crippen molar-refractivity contribution in [1.82, 2.24) is 5.43 Å². The fraction of sp³-hybridized carbons (Fsp3) is 0.0667. The van der Waals surface area contributed by atoms with Crippen molar-refractivity contribution in [1.29, 1.82) is 0 Å². The number of nitrogens with one attached hydrogen (secondary N) is 1. The van der Waals surface area contributed by atoms with Crippen LogP contribution in [0.1, 0.15) is 15.9 Å². The van der Waals surface area contributed by atoms with Gasteiger partial charge in [0.15, 0.2) is 0 Å². The maximum absolute atomic E-state index is 11.9. The molecular formula is C15H14BrN3O3. The minimum absolute atomic E-state index is 0.00183. The molecule has 2 aromatic rings. The fourth-order valence-electron chi connectivity index (χ4n) is 1.74. The number of carbonyl (C=O) groups excluding carboxylic acids is 1. The number of aromatic hydroxyl groups is 1. The SMILES string of the molecule is COc1cc(Br)c(O)c(/C=N\NC(=O)c2ccccc2N)c1. The molecule has 0 unspecified atom stereocenters. The number of phenols is 1. The Kier molecular flexibility index (Phi) is 5.00. The monoisotopic (exact) mass is 363 g/mol. The summed E-state index contributed by atoms with van der Waals surface area (Å²) in [5, 5.41) is 13.7. The average molecular weight is 364 g/mol. The molecule has 0 aromatic heterocycles. The zero-order chi connectivity index (χ0) is 16.1. The van der Waals surface area contributed by atoms with Crippen LogP contribution in [-0.4, -0.2) is 24.3 Å². The highest BCUT2D eigenvalue weighted by atomic mass is 79.9. The van der Waals surface area contributed by atoms with Gasteiger partial charge in [0.25, 0.3) is 5.91 Å². The number of hydrogen-bond acceptors (Lipinski definition) is 5. The number of halogens is 1. The third kappa shape index (κ3) is 3.56. The predicted molar refractivity (Wildman–Crippen MR) is 88.3 cm³/mol. The summed E-state index contributed by atoms with van der Waals surface area (Å²) in [6.07, 6.45) is 1.32. The molecule has 0 spiro atoms. The molecule has 7 heteroatoms. The molecule has 0 atom stereocenters. The van der Waals surface area contributed by atoms with Crippen molar-refractivity contribution >= 4 is 33.7 Å². The Morgan fingerprint density at radius 2 is 2.14 bits per heavy atom. The van der Waals surface area contributed by atoms with Crippen LogP contribution in [0.15, 0.2) is 46.0 Å². The first-order chi connectivity index (χ1) is 10.5. The van der Waals surface area contributed by atoms with Crippen molar-refractivity contribution in [2.75, 3.05) is 12.8 Å². The number of amides is 1. The Morgan fingerprint density at radius 3 is 2.82 bits per heavy atom. The molecule has 2 aromatic carbocycles. The second kappa shape index (κ2) is 6.95. The van der Waals surface area contributed by atoms with E-state index in [9.17, 15) is 9.90 Å². The largest absolute Gasteiger partial charge is 0.506 e. The molecule has 0 saturated carbocycles. The van der Waals surface area contributed by atoms with E-state index in [1.807, 2.05) is 0 Å². The lowest BCUT2D eigenvalue weighted by Crippen LogP contribution is -2.19. The summed E-state index contributed by atoms with van der Waals surface area (Å²) in [5.74, 6) is 0.110. The highest BCUT2D eigenvalue weighted by molar-refractivity contribution is 9.10. The van der Waals surface area contributed by atoms with Gasteiger partial charge in [-0.25, -0.2) is 5.43 Å². The van der Waals surface area contributed by atoms with E-state index < -0.39 is 5.91 Å². The van der Waals surface area contributed by atoms with Gasteiger partial charge in [0.05, 0.1) is 23.4 Å². The van der Waals surface area contributed by atoms with E-state index >= 15 is 0 Å². The van der Waals surface area contributed by atoms with Crippen LogP contribution in [0.3, 0.4) is 0 Å². The minimum atomic E-state index is -0.434. The molecule has 6 nitrogen and oxygen atoms in total. The van der Waals surface area contributed by atoms with Crippen molar-refractivity contribution in [3.8, 4) is 11.5 Å². The number of para-hydroxylation sites is 1. The molecule has 0 aliphatic carbocycles. The first kappa shape index (κ1) is 15.8. The summed E-state index contributed by atoms with van der Waals surface area (Å²) in [7, 11) is 1.51. The van der Waals surface area contributed by atoms with Crippen LogP contribution in [0.2, 0.25) is 0 Å². The Hall–Kier alpha value is -2.54. The standard InChI is InChI=1S/C15H14BrN3O3/c1-22-10-6-9(14(20)12(16)7-10)8-18-19-15(21)11-4-2-3-5-13(11)17/h2-8,20H,17H2,1H3,(H,19,21)/b18-8-. The first-order valence-corrected chi connectivity index (χ1v) is 7.06. The lowest BCUT2D eigenvalue weighted by atomic mass is 10.2. The number of anilines is 1. The van der Waals surface area contributed by atoms with Gasteiger partial charge in [0.1, 0.15) is 11.5 Å². The highest BCUT2D eigenvalue weighted by Crippen LogP contribution is 2.31. The van der Waals surface area contributed by atoms with Crippen molar-refractivity contribution in [2.24, 2.45) is 5.10 Å². The van der Waals surface area contributed by atoms with Crippen LogP contribution in [0.25, 0.3) is 0 Å². The Balaban J connectivity index is 2.15. The van der Waals surface area contributed by atoms with E-state index in [4.69, 9.17) is 10.5 Å². The third-order valence-corrected chi connectivity index (χ3v) is 3.48. The molecule has 0 fully saturated rings. The zero-order valence-corrected chi connectivity index (χ0v) is 13.3. The zero-order valence-electron chi connectivity index (χ0n) is 11.7. The molecule has 0 aliphatic rings. The molecule has 0 saturated heterocycles. The van der Waals surface area contributed by atoms with Crippen LogP contribution in [0, 0.1) is 0 Å². The number of nitrogens with two attached hydrogens (primary N) is 1. The van der Waals surface area contributed by atoms with Gasteiger partial charge in [-0.05, 0) is 40.2 Å². The molecule has 0 bridgehead atoms. The molecule has 0 aliphatic heterocycles. The number of methoxy groups -OCH3 is 1. The Labute approximate surface area is 135 Å². The lowest BCUT2D eigenvalue weighted by molar-refractivity contribution is 0.0956. The van der Waals surface area contributed by atoms with E-state index in [2.05, 4.69) is 26.5 Å². The third-order valence-electron chi connectivity index (χ3n) is 2.88. The van der Waals surface area contributed by atoms with Gasteiger partial charge in [-0.2, -0.15) is 5.10 Å². The van der Waals surface area contributed by atoms with Crippen LogP contribution in [0.4, 0.5) is 5.69 Å². The number of carbonyl (C=O) groups is 1. The normalized spacial score (nSPS) is 10.6. The van der Waals surface area contributed by atoms with E-state index in [1.54, 1.807) is 36.4 Å². The first-order valence-electron chi connectivity index (χ1n) is 6.27. The summed E-state index contributed by atoms with van der Waals surface area (Å²) in [6.45, 7) is 0. The quantitative estimate of drug-likeness (QED) is 0.441. The van der Waals surface area contributed by atoms with Crippen LogP contribution in [-0.2, 0) is 0 Å².